The Bertz CT molecular complexity index is 361. The normalized spacial score (nSPS) is 29.0. The van der Waals surface area contributed by atoms with E-state index in [4.69, 9.17) is 4.99 Å². The third-order valence-corrected chi connectivity index (χ3v) is 5.46. The average molecular weight is 450 g/mol. The molecule has 0 aromatic carbocycles. The maximum atomic E-state index is 4.84. The molecule has 1 aliphatic heterocycles. The van der Waals surface area contributed by atoms with Gasteiger partial charge in [0.15, 0.2) is 5.96 Å². The summed E-state index contributed by atoms with van der Waals surface area (Å²) >= 11 is 0. The van der Waals surface area contributed by atoms with Gasteiger partial charge in [0, 0.05) is 26.2 Å². The van der Waals surface area contributed by atoms with Crippen LogP contribution in [0.5, 0.6) is 0 Å². The van der Waals surface area contributed by atoms with Gasteiger partial charge in [-0.3, -0.25) is 4.99 Å². The summed E-state index contributed by atoms with van der Waals surface area (Å²) in [5.74, 6) is 3.59. The van der Waals surface area contributed by atoms with E-state index in [0.29, 0.717) is 0 Å². The summed E-state index contributed by atoms with van der Waals surface area (Å²) in [5, 5.41) is 6.96. The molecular formula is C19H39IN4. The van der Waals surface area contributed by atoms with Gasteiger partial charge in [-0.1, -0.05) is 26.2 Å². The van der Waals surface area contributed by atoms with E-state index in [0.717, 1.165) is 43.3 Å². The topological polar surface area (TPSA) is 39.7 Å². The number of hydrogen-bond donors (Lipinski definition) is 2. The molecule has 2 fully saturated rings. The summed E-state index contributed by atoms with van der Waals surface area (Å²) in [4.78, 5) is 7.28. The highest BCUT2D eigenvalue weighted by atomic mass is 127. The molecule has 142 valence electrons. The molecule has 4 nitrogen and oxygen atoms in total. The molecule has 1 saturated heterocycles. The minimum absolute atomic E-state index is 0. The first kappa shape index (κ1) is 22.0. The van der Waals surface area contributed by atoms with Crippen LogP contribution in [-0.4, -0.2) is 50.6 Å². The van der Waals surface area contributed by atoms with E-state index >= 15 is 0 Å². The van der Waals surface area contributed by atoms with Gasteiger partial charge in [0.1, 0.15) is 0 Å². The van der Waals surface area contributed by atoms with Gasteiger partial charge < -0.3 is 15.5 Å². The van der Waals surface area contributed by atoms with Gasteiger partial charge in [-0.25, -0.2) is 0 Å². The van der Waals surface area contributed by atoms with E-state index in [1.54, 1.807) is 0 Å². The van der Waals surface area contributed by atoms with Crippen LogP contribution in [0.15, 0.2) is 4.99 Å². The SMILES string of the molecule is CCNC(=NCC1CCCN(C)C1)NCCC1CCCC(C)C1.I. The summed E-state index contributed by atoms with van der Waals surface area (Å²) in [6.07, 6.45) is 9.64. The first-order valence-electron chi connectivity index (χ1n) is 9.88. The van der Waals surface area contributed by atoms with Crippen LogP contribution < -0.4 is 10.6 Å². The number of guanidine groups is 1. The second kappa shape index (κ2) is 12.3. The lowest BCUT2D eigenvalue weighted by atomic mass is 9.81. The molecule has 24 heavy (non-hydrogen) atoms. The summed E-state index contributed by atoms with van der Waals surface area (Å²) < 4.78 is 0. The van der Waals surface area contributed by atoms with E-state index in [2.05, 4.69) is 36.4 Å². The molecule has 1 heterocycles. The van der Waals surface area contributed by atoms with Crippen molar-refractivity contribution < 1.29 is 0 Å². The van der Waals surface area contributed by atoms with Crippen LogP contribution >= 0.6 is 24.0 Å². The van der Waals surface area contributed by atoms with Crippen molar-refractivity contribution in [2.75, 3.05) is 39.8 Å². The zero-order valence-electron chi connectivity index (χ0n) is 16.0. The Morgan fingerprint density at radius 2 is 1.92 bits per heavy atom. The Morgan fingerprint density at radius 1 is 1.12 bits per heavy atom. The Morgan fingerprint density at radius 3 is 2.62 bits per heavy atom. The number of nitrogens with one attached hydrogen (secondary N) is 2. The van der Waals surface area contributed by atoms with Crippen molar-refractivity contribution in [2.45, 2.75) is 58.8 Å². The van der Waals surface area contributed by atoms with E-state index in [1.165, 1.54) is 58.0 Å². The third-order valence-electron chi connectivity index (χ3n) is 5.46. The number of hydrogen-bond acceptors (Lipinski definition) is 2. The molecule has 1 aliphatic carbocycles. The Balaban J connectivity index is 0.00000288. The molecule has 2 aliphatic rings. The standard InChI is InChI=1S/C19H38N4.HI/c1-4-20-19(22-14-18-9-6-12-23(3)15-18)21-11-10-17-8-5-7-16(2)13-17;/h16-18H,4-15H2,1-3H3,(H2,20,21,22);1H. The van der Waals surface area contributed by atoms with Crippen LogP contribution in [0.4, 0.5) is 0 Å². The third kappa shape index (κ3) is 8.37. The second-order valence-corrected chi connectivity index (χ2v) is 7.84. The van der Waals surface area contributed by atoms with Crippen molar-refractivity contribution in [1.29, 1.82) is 0 Å². The summed E-state index contributed by atoms with van der Waals surface area (Å²) in [5.41, 5.74) is 0. The fourth-order valence-corrected chi connectivity index (χ4v) is 4.20. The molecule has 0 bridgehead atoms. The van der Waals surface area contributed by atoms with E-state index in [1.807, 2.05) is 0 Å². The Hall–Kier alpha value is -0.0400. The van der Waals surface area contributed by atoms with Crippen LogP contribution in [0.2, 0.25) is 0 Å². The van der Waals surface area contributed by atoms with Gasteiger partial charge in [-0.2, -0.15) is 0 Å². The minimum Gasteiger partial charge on any atom is -0.357 e. The van der Waals surface area contributed by atoms with Crippen LogP contribution in [0.3, 0.4) is 0 Å². The highest BCUT2D eigenvalue weighted by Gasteiger charge is 2.19. The van der Waals surface area contributed by atoms with Crippen LogP contribution in [0, 0.1) is 17.8 Å². The van der Waals surface area contributed by atoms with Crippen molar-refractivity contribution >= 4 is 29.9 Å². The highest BCUT2D eigenvalue weighted by Crippen LogP contribution is 2.30. The Kier molecular flexibility index (Phi) is 11.3. The van der Waals surface area contributed by atoms with E-state index in [9.17, 15) is 0 Å². The van der Waals surface area contributed by atoms with Crippen LogP contribution in [-0.2, 0) is 0 Å². The smallest absolute Gasteiger partial charge is 0.191 e. The molecule has 0 amide bonds. The predicted molar refractivity (Wildman–Crippen MR) is 115 cm³/mol. The molecule has 0 spiro atoms. The lowest BCUT2D eigenvalue weighted by molar-refractivity contribution is 0.214. The molecule has 2 rings (SSSR count). The summed E-state index contributed by atoms with van der Waals surface area (Å²) in [7, 11) is 2.23. The van der Waals surface area contributed by atoms with Gasteiger partial charge >= 0.3 is 0 Å². The van der Waals surface area contributed by atoms with Crippen molar-refractivity contribution in [3.63, 3.8) is 0 Å². The van der Waals surface area contributed by atoms with Crippen molar-refractivity contribution in [3.8, 4) is 0 Å². The van der Waals surface area contributed by atoms with Crippen LogP contribution in [0.25, 0.3) is 0 Å². The predicted octanol–water partition coefficient (Wildman–Crippen LogP) is 3.72. The second-order valence-electron chi connectivity index (χ2n) is 7.84. The molecule has 0 aromatic rings. The molecule has 2 N–H and O–H groups in total. The van der Waals surface area contributed by atoms with Gasteiger partial charge in [0.25, 0.3) is 0 Å². The minimum atomic E-state index is 0. The quantitative estimate of drug-likeness (QED) is 0.368. The maximum absolute atomic E-state index is 4.84. The molecule has 5 heteroatoms. The van der Waals surface area contributed by atoms with Crippen LogP contribution in [0.1, 0.15) is 58.8 Å². The fourth-order valence-electron chi connectivity index (χ4n) is 4.20. The van der Waals surface area contributed by atoms with Crippen molar-refractivity contribution in [3.05, 3.63) is 0 Å². The molecular weight excluding hydrogens is 411 g/mol. The van der Waals surface area contributed by atoms with Gasteiger partial charge in [0.05, 0.1) is 0 Å². The average Bonchev–Trinajstić information content (AvgIpc) is 2.53. The number of likely N-dealkylation sites (tertiary alicyclic amines) is 1. The summed E-state index contributed by atoms with van der Waals surface area (Å²) in [6, 6.07) is 0. The van der Waals surface area contributed by atoms with Crippen molar-refractivity contribution in [2.24, 2.45) is 22.7 Å². The van der Waals surface area contributed by atoms with Gasteiger partial charge in [-0.15, -0.1) is 24.0 Å². The van der Waals surface area contributed by atoms with Gasteiger partial charge in [0.2, 0.25) is 0 Å². The summed E-state index contributed by atoms with van der Waals surface area (Å²) in [6.45, 7) is 9.96. The lowest BCUT2D eigenvalue weighted by Crippen LogP contribution is -2.39. The zero-order valence-corrected chi connectivity index (χ0v) is 18.4. The molecule has 3 unspecified atom stereocenters. The number of halogens is 1. The van der Waals surface area contributed by atoms with E-state index < -0.39 is 0 Å². The maximum Gasteiger partial charge on any atom is 0.191 e. The number of piperidine rings is 1. The molecule has 1 saturated carbocycles. The molecule has 0 radical (unpaired) electrons. The molecule has 0 aromatic heterocycles. The number of nitrogens with zero attached hydrogens (tertiary/aromatic N) is 2. The van der Waals surface area contributed by atoms with E-state index in [-0.39, 0.29) is 24.0 Å². The molecule has 3 atom stereocenters. The number of aliphatic imine (C=N–C) groups is 1. The Labute approximate surface area is 166 Å². The largest absolute Gasteiger partial charge is 0.357 e. The first-order chi connectivity index (χ1) is 11.2. The monoisotopic (exact) mass is 450 g/mol. The lowest BCUT2D eigenvalue weighted by Gasteiger charge is -2.29. The first-order valence-corrected chi connectivity index (χ1v) is 9.88. The highest BCUT2D eigenvalue weighted by molar-refractivity contribution is 14.0. The zero-order chi connectivity index (χ0) is 16.5. The fraction of sp³-hybridized carbons (Fsp3) is 0.947. The van der Waals surface area contributed by atoms with Crippen molar-refractivity contribution in [1.82, 2.24) is 15.5 Å². The van der Waals surface area contributed by atoms with Gasteiger partial charge in [-0.05, 0) is 64.0 Å². The number of rotatable bonds is 6.